The van der Waals surface area contributed by atoms with Gasteiger partial charge in [-0.25, -0.2) is 0 Å². The Morgan fingerprint density at radius 2 is 2.13 bits per heavy atom. The molecule has 0 aliphatic carbocycles. The highest BCUT2D eigenvalue weighted by Gasteiger charge is 2.21. The highest BCUT2D eigenvalue weighted by molar-refractivity contribution is 5.99. The first-order valence-corrected chi connectivity index (χ1v) is 8.20. The van der Waals surface area contributed by atoms with Crippen molar-refractivity contribution in [3.05, 3.63) is 29.3 Å². The highest BCUT2D eigenvalue weighted by atomic mass is 16.3. The fraction of sp³-hybridized carbons (Fsp3) is 0.556. The van der Waals surface area contributed by atoms with Crippen LogP contribution in [0.1, 0.15) is 44.7 Å². The lowest BCUT2D eigenvalue weighted by atomic mass is 10.0. The zero-order valence-corrected chi connectivity index (χ0v) is 14.2. The molecule has 0 unspecified atom stereocenters. The van der Waals surface area contributed by atoms with Gasteiger partial charge in [0.1, 0.15) is 0 Å². The van der Waals surface area contributed by atoms with Crippen LogP contribution in [-0.4, -0.2) is 40.5 Å². The summed E-state index contributed by atoms with van der Waals surface area (Å²) >= 11 is 0. The summed E-state index contributed by atoms with van der Waals surface area (Å²) in [5, 5.41) is 12.7. The largest absolute Gasteiger partial charge is 0.389 e. The first kappa shape index (κ1) is 17.5. The molecule has 1 heterocycles. The zero-order valence-electron chi connectivity index (χ0n) is 14.2. The Hall–Kier alpha value is -1.88. The number of rotatable bonds is 7. The number of anilines is 1. The van der Waals surface area contributed by atoms with Gasteiger partial charge in [0.2, 0.25) is 11.8 Å². The second kappa shape index (κ2) is 7.13. The Bertz CT molecular complexity index is 590. The maximum Gasteiger partial charge on any atom is 0.228 e. The van der Waals surface area contributed by atoms with Crippen molar-refractivity contribution in [3.63, 3.8) is 0 Å². The standard InChI is InChI=1S/C18H26N2O3/c1-4-20(12-18(2,3)23)17(22)7-5-6-13-8-9-15-14(10-13)11-16(21)19-15/h8-10,23H,4-7,11-12H2,1-3H3,(H,19,21). The molecule has 0 bridgehead atoms. The van der Waals surface area contributed by atoms with Crippen LogP contribution in [0.25, 0.3) is 0 Å². The molecule has 1 aromatic rings. The van der Waals surface area contributed by atoms with E-state index in [-0.39, 0.29) is 11.8 Å². The molecule has 2 N–H and O–H groups in total. The van der Waals surface area contributed by atoms with Crippen LogP contribution in [0.4, 0.5) is 5.69 Å². The molecule has 0 spiro atoms. The van der Waals surface area contributed by atoms with Gasteiger partial charge >= 0.3 is 0 Å². The summed E-state index contributed by atoms with van der Waals surface area (Å²) in [6.07, 6.45) is 2.49. The first-order chi connectivity index (χ1) is 10.8. The van der Waals surface area contributed by atoms with Gasteiger partial charge < -0.3 is 15.3 Å². The third kappa shape index (κ3) is 5.06. The van der Waals surface area contributed by atoms with Crippen LogP contribution in [0.3, 0.4) is 0 Å². The lowest BCUT2D eigenvalue weighted by Crippen LogP contribution is -2.42. The molecule has 126 valence electrons. The number of amides is 2. The van der Waals surface area contributed by atoms with E-state index in [0.29, 0.717) is 25.9 Å². The SMILES string of the molecule is CCN(CC(C)(C)O)C(=O)CCCc1ccc2c(c1)CC(=O)N2. The molecular formula is C18H26N2O3. The predicted octanol–water partition coefficient (Wildman–Crippen LogP) is 2.12. The number of carbonyl (C=O) groups excluding carboxylic acids is 2. The van der Waals surface area contributed by atoms with Gasteiger partial charge in [0.15, 0.2) is 0 Å². The fourth-order valence-corrected chi connectivity index (χ4v) is 2.88. The van der Waals surface area contributed by atoms with E-state index in [1.807, 2.05) is 25.1 Å². The molecule has 2 amide bonds. The van der Waals surface area contributed by atoms with Crippen molar-refractivity contribution < 1.29 is 14.7 Å². The minimum Gasteiger partial charge on any atom is -0.389 e. The van der Waals surface area contributed by atoms with Gasteiger partial charge in [-0.1, -0.05) is 12.1 Å². The second-order valence-electron chi connectivity index (χ2n) is 6.79. The molecule has 1 aromatic carbocycles. The number of nitrogens with one attached hydrogen (secondary N) is 1. The van der Waals surface area contributed by atoms with Crippen molar-refractivity contribution in [2.45, 2.75) is 52.1 Å². The van der Waals surface area contributed by atoms with Crippen molar-refractivity contribution in [3.8, 4) is 0 Å². The van der Waals surface area contributed by atoms with E-state index >= 15 is 0 Å². The molecule has 0 atom stereocenters. The van der Waals surface area contributed by atoms with Crippen molar-refractivity contribution in [2.24, 2.45) is 0 Å². The van der Waals surface area contributed by atoms with Crippen LogP contribution in [0, 0.1) is 0 Å². The molecule has 0 saturated heterocycles. The van der Waals surface area contributed by atoms with E-state index in [1.165, 1.54) is 0 Å². The summed E-state index contributed by atoms with van der Waals surface area (Å²) in [7, 11) is 0. The number of fused-ring (bicyclic) bond motifs is 1. The third-order valence-electron chi connectivity index (χ3n) is 3.96. The molecule has 1 aliphatic heterocycles. The van der Waals surface area contributed by atoms with E-state index in [9.17, 15) is 14.7 Å². The van der Waals surface area contributed by atoms with Gasteiger partial charge in [-0.2, -0.15) is 0 Å². The molecule has 0 fully saturated rings. The molecule has 5 heteroatoms. The van der Waals surface area contributed by atoms with Crippen LogP contribution in [-0.2, 0) is 22.4 Å². The molecule has 0 radical (unpaired) electrons. The summed E-state index contributed by atoms with van der Waals surface area (Å²) in [5.74, 6) is 0.116. The summed E-state index contributed by atoms with van der Waals surface area (Å²) in [6.45, 7) is 6.31. The smallest absolute Gasteiger partial charge is 0.228 e. The molecule has 1 aliphatic rings. The fourth-order valence-electron chi connectivity index (χ4n) is 2.88. The number of aliphatic hydroxyl groups is 1. The maximum absolute atomic E-state index is 12.2. The Balaban J connectivity index is 1.84. The molecule has 5 nitrogen and oxygen atoms in total. The Labute approximate surface area is 137 Å². The summed E-state index contributed by atoms with van der Waals surface area (Å²) < 4.78 is 0. The van der Waals surface area contributed by atoms with Gasteiger partial charge in [0.25, 0.3) is 0 Å². The van der Waals surface area contributed by atoms with Gasteiger partial charge in [-0.05, 0) is 50.8 Å². The molecular weight excluding hydrogens is 292 g/mol. The minimum absolute atomic E-state index is 0.0394. The quantitative estimate of drug-likeness (QED) is 0.809. The maximum atomic E-state index is 12.2. The highest BCUT2D eigenvalue weighted by Crippen LogP contribution is 2.24. The van der Waals surface area contributed by atoms with Gasteiger partial charge in [0.05, 0.1) is 12.0 Å². The van der Waals surface area contributed by atoms with E-state index in [2.05, 4.69) is 5.32 Å². The topological polar surface area (TPSA) is 69.6 Å². The number of benzene rings is 1. The van der Waals surface area contributed by atoms with Gasteiger partial charge in [-0.15, -0.1) is 0 Å². The molecule has 0 aromatic heterocycles. The van der Waals surface area contributed by atoms with E-state index in [4.69, 9.17) is 0 Å². The summed E-state index contributed by atoms with van der Waals surface area (Å²) in [6, 6.07) is 5.99. The number of likely N-dealkylation sites (N-methyl/N-ethyl adjacent to an activating group) is 1. The van der Waals surface area contributed by atoms with Gasteiger partial charge in [-0.3, -0.25) is 9.59 Å². The van der Waals surface area contributed by atoms with Crippen LogP contribution < -0.4 is 5.32 Å². The number of nitrogens with zero attached hydrogens (tertiary/aromatic N) is 1. The number of aryl methyl sites for hydroxylation is 1. The van der Waals surface area contributed by atoms with E-state index < -0.39 is 5.60 Å². The Morgan fingerprint density at radius 1 is 1.39 bits per heavy atom. The molecule has 0 saturated carbocycles. The third-order valence-corrected chi connectivity index (χ3v) is 3.96. The van der Waals surface area contributed by atoms with Crippen LogP contribution >= 0.6 is 0 Å². The minimum atomic E-state index is -0.870. The van der Waals surface area contributed by atoms with Crippen molar-refractivity contribution in [1.82, 2.24) is 4.90 Å². The molecule has 2 rings (SSSR count). The number of hydrogen-bond acceptors (Lipinski definition) is 3. The van der Waals surface area contributed by atoms with E-state index in [1.54, 1.807) is 18.7 Å². The zero-order chi connectivity index (χ0) is 17.0. The number of hydrogen-bond donors (Lipinski definition) is 2. The lowest BCUT2D eigenvalue weighted by Gasteiger charge is -2.28. The van der Waals surface area contributed by atoms with Crippen molar-refractivity contribution >= 4 is 17.5 Å². The van der Waals surface area contributed by atoms with Crippen molar-refractivity contribution in [2.75, 3.05) is 18.4 Å². The predicted molar refractivity (Wildman–Crippen MR) is 90.3 cm³/mol. The molecule has 23 heavy (non-hydrogen) atoms. The summed E-state index contributed by atoms with van der Waals surface area (Å²) in [4.78, 5) is 25.3. The van der Waals surface area contributed by atoms with Crippen LogP contribution in [0.2, 0.25) is 0 Å². The van der Waals surface area contributed by atoms with Gasteiger partial charge in [0, 0.05) is 25.2 Å². The van der Waals surface area contributed by atoms with Crippen LogP contribution in [0.5, 0.6) is 0 Å². The lowest BCUT2D eigenvalue weighted by molar-refractivity contribution is -0.134. The normalized spacial score (nSPS) is 13.7. The average molecular weight is 318 g/mol. The second-order valence-corrected chi connectivity index (χ2v) is 6.79. The summed E-state index contributed by atoms with van der Waals surface area (Å²) in [5.41, 5.74) is 2.22. The van der Waals surface area contributed by atoms with E-state index in [0.717, 1.165) is 29.7 Å². The van der Waals surface area contributed by atoms with Crippen molar-refractivity contribution in [1.29, 1.82) is 0 Å². The van der Waals surface area contributed by atoms with Crippen LogP contribution in [0.15, 0.2) is 18.2 Å². The Morgan fingerprint density at radius 3 is 2.78 bits per heavy atom. The average Bonchev–Trinajstić information content (AvgIpc) is 2.83. The number of carbonyl (C=O) groups is 2. The first-order valence-electron chi connectivity index (χ1n) is 8.20. The monoisotopic (exact) mass is 318 g/mol. The Kier molecular flexibility index (Phi) is 5.42.